The highest BCUT2D eigenvalue weighted by atomic mass is 35.5. The van der Waals surface area contributed by atoms with E-state index in [4.69, 9.17) is 16.3 Å². The molecule has 0 aliphatic carbocycles. The molecular weight excluding hydrogens is 362 g/mol. The van der Waals surface area contributed by atoms with Gasteiger partial charge in [0.05, 0.1) is 7.11 Å². The first-order valence-electron chi connectivity index (χ1n) is 8.72. The van der Waals surface area contributed by atoms with E-state index in [0.29, 0.717) is 17.9 Å². The van der Waals surface area contributed by atoms with E-state index in [1.807, 2.05) is 66.3 Å². The summed E-state index contributed by atoms with van der Waals surface area (Å²) in [7, 11) is 3.53. The quantitative estimate of drug-likeness (QED) is 0.672. The van der Waals surface area contributed by atoms with Crippen LogP contribution in [0.5, 0.6) is 5.75 Å². The van der Waals surface area contributed by atoms with Crippen molar-refractivity contribution in [3.05, 3.63) is 82.9 Å². The van der Waals surface area contributed by atoms with Crippen molar-refractivity contribution in [2.45, 2.75) is 18.9 Å². The molecule has 6 heteroatoms. The van der Waals surface area contributed by atoms with E-state index >= 15 is 0 Å². The molecule has 2 aromatic carbocycles. The predicted molar refractivity (Wildman–Crippen MR) is 106 cm³/mol. The fraction of sp³-hybridized carbons (Fsp3) is 0.238. The first-order valence-corrected chi connectivity index (χ1v) is 9.10. The highest BCUT2D eigenvalue weighted by Gasteiger charge is 2.21. The number of carbonyl (C=O) groups is 1. The summed E-state index contributed by atoms with van der Waals surface area (Å²) < 4.78 is 7.22. The summed E-state index contributed by atoms with van der Waals surface area (Å²) in [5, 5.41) is 3.78. The summed E-state index contributed by atoms with van der Waals surface area (Å²) in [6.07, 6.45) is 4.50. The molecule has 1 unspecified atom stereocenters. The normalized spacial score (nSPS) is 11.8. The zero-order valence-electron chi connectivity index (χ0n) is 15.4. The third-order valence-corrected chi connectivity index (χ3v) is 4.80. The van der Waals surface area contributed by atoms with Crippen LogP contribution < -0.4 is 10.1 Å². The number of aromatic nitrogens is 2. The zero-order valence-corrected chi connectivity index (χ0v) is 16.1. The van der Waals surface area contributed by atoms with Crippen molar-refractivity contribution in [1.29, 1.82) is 0 Å². The van der Waals surface area contributed by atoms with Crippen LogP contribution >= 0.6 is 11.6 Å². The van der Waals surface area contributed by atoms with Gasteiger partial charge in [-0.25, -0.2) is 4.98 Å². The number of hydrogen-bond donors (Lipinski definition) is 1. The molecule has 1 atom stereocenters. The Kier molecular flexibility index (Phi) is 6.14. The monoisotopic (exact) mass is 383 g/mol. The number of benzene rings is 2. The molecule has 0 aliphatic heterocycles. The summed E-state index contributed by atoms with van der Waals surface area (Å²) >= 11 is 6.19. The van der Waals surface area contributed by atoms with Crippen LogP contribution in [0.1, 0.15) is 29.4 Å². The molecule has 27 heavy (non-hydrogen) atoms. The van der Waals surface area contributed by atoms with E-state index < -0.39 is 0 Å². The third kappa shape index (κ3) is 4.68. The number of rotatable bonds is 7. The van der Waals surface area contributed by atoms with Gasteiger partial charge in [0.2, 0.25) is 5.91 Å². The van der Waals surface area contributed by atoms with Crippen molar-refractivity contribution in [1.82, 2.24) is 14.9 Å². The number of methoxy groups -OCH3 is 1. The molecule has 0 spiro atoms. The molecule has 0 bridgehead atoms. The van der Waals surface area contributed by atoms with Crippen LogP contribution in [0.15, 0.2) is 60.9 Å². The Morgan fingerprint density at radius 3 is 2.78 bits per heavy atom. The van der Waals surface area contributed by atoms with Gasteiger partial charge in [0.15, 0.2) is 0 Å². The van der Waals surface area contributed by atoms with E-state index in [9.17, 15) is 4.79 Å². The summed E-state index contributed by atoms with van der Waals surface area (Å²) in [4.78, 5) is 17.1. The van der Waals surface area contributed by atoms with Crippen molar-refractivity contribution in [3.63, 3.8) is 0 Å². The van der Waals surface area contributed by atoms with Gasteiger partial charge in [-0.2, -0.15) is 0 Å². The first kappa shape index (κ1) is 19.0. The van der Waals surface area contributed by atoms with Crippen LogP contribution in [0.2, 0.25) is 5.02 Å². The standard InChI is InChI=1S/C21H22ClN3O2/c1-25-13-12-23-21(25)20(16-7-5-8-17(14-16)27-2)24-19(26)11-10-15-6-3-4-9-18(15)22/h3-9,12-14,20H,10-11H2,1-2H3,(H,24,26). The maximum Gasteiger partial charge on any atom is 0.221 e. The number of aryl methyl sites for hydroxylation is 2. The van der Waals surface area contributed by atoms with E-state index in [0.717, 1.165) is 22.7 Å². The minimum absolute atomic E-state index is 0.0641. The molecule has 0 saturated heterocycles. The highest BCUT2D eigenvalue weighted by Crippen LogP contribution is 2.24. The lowest BCUT2D eigenvalue weighted by molar-refractivity contribution is -0.121. The Hall–Kier alpha value is -2.79. The van der Waals surface area contributed by atoms with Crippen LogP contribution in [0, 0.1) is 0 Å². The minimum atomic E-state index is -0.362. The molecule has 1 N–H and O–H groups in total. The first-order chi connectivity index (χ1) is 13.1. The second-order valence-corrected chi connectivity index (χ2v) is 6.67. The van der Waals surface area contributed by atoms with Gasteiger partial charge in [-0.05, 0) is 35.7 Å². The number of halogens is 1. The number of nitrogens with one attached hydrogen (secondary N) is 1. The molecule has 0 fully saturated rings. The van der Waals surface area contributed by atoms with Gasteiger partial charge in [0.25, 0.3) is 0 Å². The van der Waals surface area contributed by atoms with E-state index in [-0.39, 0.29) is 11.9 Å². The van der Waals surface area contributed by atoms with Crippen LogP contribution in [0.25, 0.3) is 0 Å². The van der Waals surface area contributed by atoms with Crippen LogP contribution in [0.3, 0.4) is 0 Å². The van der Waals surface area contributed by atoms with Crippen molar-refractivity contribution < 1.29 is 9.53 Å². The van der Waals surface area contributed by atoms with Crippen molar-refractivity contribution in [2.24, 2.45) is 7.05 Å². The maximum atomic E-state index is 12.6. The van der Waals surface area contributed by atoms with Gasteiger partial charge in [0, 0.05) is 30.9 Å². The van der Waals surface area contributed by atoms with Crippen LogP contribution in [-0.2, 0) is 18.3 Å². The van der Waals surface area contributed by atoms with Gasteiger partial charge in [-0.15, -0.1) is 0 Å². The molecule has 3 aromatic rings. The Morgan fingerprint density at radius 1 is 1.26 bits per heavy atom. The Morgan fingerprint density at radius 2 is 2.07 bits per heavy atom. The van der Waals surface area contributed by atoms with Crippen molar-refractivity contribution >= 4 is 17.5 Å². The second kappa shape index (κ2) is 8.73. The van der Waals surface area contributed by atoms with E-state index in [2.05, 4.69) is 10.3 Å². The van der Waals surface area contributed by atoms with Crippen molar-refractivity contribution in [3.8, 4) is 5.75 Å². The van der Waals surface area contributed by atoms with Gasteiger partial charge in [0.1, 0.15) is 17.6 Å². The summed E-state index contributed by atoms with van der Waals surface area (Å²) in [6, 6.07) is 14.9. The lowest BCUT2D eigenvalue weighted by Gasteiger charge is -2.20. The molecule has 0 radical (unpaired) electrons. The summed E-state index contributed by atoms with van der Waals surface area (Å²) in [5.41, 5.74) is 1.87. The number of ether oxygens (including phenoxy) is 1. The number of hydrogen-bond acceptors (Lipinski definition) is 3. The number of amides is 1. The molecule has 3 rings (SSSR count). The Bertz CT molecular complexity index is 923. The summed E-state index contributed by atoms with van der Waals surface area (Å²) in [5.74, 6) is 1.43. The molecule has 0 aliphatic rings. The fourth-order valence-corrected chi connectivity index (χ4v) is 3.19. The smallest absolute Gasteiger partial charge is 0.221 e. The van der Waals surface area contributed by atoms with Gasteiger partial charge in [-0.1, -0.05) is 41.9 Å². The molecule has 1 amide bonds. The lowest BCUT2D eigenvalue weighted by Crippen LogP contribution is -2.31. The zero-order chi connectivity index (χ0) is 19.2. The average molecular weight is 384 g/mol. The minimum Gasteiger partial charge on any atom is -0.497 e. The number of nitrogens with zero attached hydrogens (tertiary/aromatic N) is 2. The number of carbonyl (C=O) groups excluding carboxylic acids is 1. The average Bonchev–Trinajstić information content (AvgIpc) is 3.11. The van der Waals surface area contributed by atoms with Crippen LogP contribution in [-0.4, -0.2) is 22.6 Å². The maximum absolute atomic E-state index is 12.6. The summed E-state index contributed by atoms with van der Waals surface area (Å²) in [6.45, 7) is 0. The lowest BCUT2D eigenvalue weighted by atomic mass is 10.0. The van der Waals surface area contributed by atoms with E-state index in [1.165, 1.54) is 0 Å². The van der Waals surface area contributed by atoms with E-state index in [1.54, 1.807) is 13.3 Å². The highest BCUT2D eigenvalue weighted by molar-refractivity contribution is 6.31. The third-order valence-electron chi connectivity index (χ3n) is 4.43. The molecule has 1 heterocycles. The van der Waals surface area contributed by atoms with Crippen molar-refractivity contribution in [2.75, 3.05) is 7.11 Å². The molecule has 5 nitrogen and oxygen atoms in total. The number of imidazole rings is 1. The predicted octanol–water partition coefficient (Wildman–Crippen LogP) is 3.92. The van der Waals surface area contributed by atoms with Crippen LogP contribution in [0.4, 0.5) is 0 Å². The van der Waals surface area contributed by atoms with Gasteiger partial charge in [-0.3, -0.25) is 4.79 Å². The Labute approximate surface area is 164 Å². The SMILES string of the molecule is COc1cccc(C(NC(=O)CCc2ccccc2Cl)c2nccn2C)c1. The molecule has 1 aromatic heterocycles. The second-order valence-electron chi connectivity index (χ2n) is 6.26. The molecular formula is C21H22ClN3O2. The fourth-order valence-electron chi connectivity index (χ4n) is 2.96. The van der Waals surface area contributed by atoms with Gasteiger partial charge < -0.3 is 14.6 Å². The Balaban J connectivity index is 1.78. The van der Waals surface area contributed by atoms with Gasteiger partial charge >= 0.3 is 0 Å². The molecule has 0 saturated carbocycles. The topological polar surface area (TPSA) is 56.1 Å². The largest absolute Gasteiger partial charge is 0.497 e. The molecule has 140 valence electrons.